The molecule has 1 fully saturated rings. The van der Waals surface area contributed by atoms with Crippen molar-refractivity contribution in [3.8, 4) is 0 Å². The van der Waals surface area contributed by atoms with Gasteiger partial charge in [-0.25, -0.2) is 4.39 Å². The summed E-state index contributed by atoms with van der Waals surface area (Å²) < 4.78 is 13.9. The second-order valence-corrected chi connectivity index (χ2v) is 5.06. The quantitative estimate of drug-likeness (QED) is 0.854. The first-order chi connectivity index (χ1) is 8.08. The van der Waals surface area contributed by atoms with Gasteiger partial charge in [0, 0.05) is 13.1 Å². The van der Waals surface area contributed by atoms with E-state index in [9.17, 15) is 9.50 Å². The number of aliphatic hydroxyl groups is 1. The van der Waals surface area contributed by atoms with Gasteiger partial charge in [0.2, 0.25) is 0 Å². The standard InChI is InChI=1S/C14H20FNO/c1-10-5-7-16(8-6-10)14-4-3-12(11(2)17)9-13(14)15/h3-4,9-11,17H,5-8H2,1-2H3. The number of anilines is 1. The highest BCUT2D eigenvalue weighted by molar-refractivity contribution is 5.49. The highest BCUT2D eigenvalue weighted by Crippen LogP contribution is 2.27. The Bertz CT molecular complexity index is 384. The van der Waals surface area contributed by atoms with E-state index >= 15 is 0 Å². The van der Waals surface area contributed by atoms with Crippen molar-refractivity contribution in [2.75, 3.05) is 18.0 Å². The molecule has 0 saturated carbocycles. The Kier molecular flexibility index (Phi) is 3.67. The number of hydrogen-bond donors (Lipinski definition) is 1. The summed E-state index contributed by atoms with van der Waals surface area (Å²) in [5, 5.41) is 9.40. The summed E-state index contributed by atoms with van der Waals surface area (Å²) in [7, 11) is 0. The van der Waals surface area contributed by atoms with Crippen LogP contribution in [0.5, 0.6) is 0 Å². The van der Waals surface area contributed by atoms with Gasteiger partial charge in [0.1, 0.15) is 5.82 Å². The first kappa shape index (κ1) is 12.4. The highest BCUT2D eigenvalue weighted by atomic mass is 19.1. The molecule has 1 saturated heterocycles. The van der Waals surface area contributed by atoms with E-state index in [1.165, 1.54) is 6.07 Å². The average Bonchev–Trinajstić information content (AvgIpc) is 2.30. The summed E-state index contributed by atoms with van der Waals surface area (Å²) in [6.07, 6.45) is 1.63. The average molecular weight is 237 g/mol. The Labute approximate surface area is 102 Å². The molecule has 2 nitrogen and oxygen atoms in total. The van der Waals surface area contributed by atoms with Gasteiger partial charge in [-0.1, -0.05) is 13.0 Å². The molecule has 1 aliphatic heterocycles. The molecular formula is C14H20FNO. The van der Waals surface area contributed by atoms with Crippen molar-refractivity contribution in [3.05, 3.63) is 29.6 Å². The third-order valence-corrected chi connectivity index (χ3v) is 3.58. The van der Waals surface area contributed by atoms with E-state index < -0.39 is 6.10 Å². The van der Waals surface area contributed by atoms with E-state index in [0.717, 1.165) is 31.8 Å². The number of rotatable bonds is 2. The smallest absolute Gasteiger partial charge is 0.146 e. The van der Waals surface area contributed by atoms with Crippen LogP contribution in [0.25, 0.3) is 0 Å². The molecule has 94 valence electrons. The monoisotopic (exact) mass is 237 g/mol. The zero-order valence-electron chi connectivity index (χ0n) is 10.5. The summed E-state index contributed by atoms with van der Waals surface area (Å²) in [6.45, 7) is 5.74. The fourth-order valence-electron chi connectivity index (χ4n) is 2.29. The molecule has 1 aromatic rings. The maximum absolute atomic E-state index is 13.9. The van der Waals surface area contributed by atoms with Crippen LogP contribution in [-0.2, 0) is 0 Å². The second kappa shape index (κ2) is 5.05. The molecule has 0 aromatic heterocycles. The maximum Gasteiger partial charge on any atom is 0.146 e. The van der Waals surface area contributed by atoms with Crippen LogP contribution in [0.2, 0.25) is 0 Å². The minimum Gasteiger partial charge on any atom is -0.389 e. The van der Waals surface area contributed by atoms with E-state index in [1.807, 2.05) is 0 Å². The van der Waals surface area contributed by atoms with Gasteiger partial charge < -0.3 is 10.0 Å². The fraction of sp³-hybridized carbons (Fsp3) is 0.571. The predicted octanol–water partition coefficient (Wildman–Crippen LogP) is 3.12. The molecule has 0 aliphatic carbocycles. The van der Waals surface area contributed by atoms with Crippen LogP contribution in [0.1, 0.15) is 38.4 Å². The van der Waals surface area contributed by atoms with Crippen molar-refractivity contribution in [1.82, 2.24) is 0 Å². The molecule has 3 heteroatoms. The molecule has 0 amide bonds. The van der Waals surface area contributed by atoms with Gasteiger partial charge in [-0.2, -0.15) is 0 Å². The van der Waals surface area contributed by atoms with Crippen LogP contribution < -0.4 is 4.90 Å². The van der Waals surface area contributed by atoms with Gasteiger partial charge in [-0.3, -0.25) is 0 Å². The molecule has 1 N–H and O–H groups in total. The van der Waals surface area contributed by atoms with Crippen molar-refractivity contribution in [3.63, 3.8) is 0 Å². The third-order valence-electron chi connectivity index (χ3n) is 3.58. The number of halogens is 1. The summed E-state index contributed by atoms with van der Waals surface area (Å²) in [6, 6.07) is 5.03. The Hall–Kier alpha value is -1.09. The van der Waals surface area contributed by atoms with Gasteiger partial charge in [-0.05, 0) is 43.4 Å². The van der Waals surface area contributed by atoms with Crippen LogP contribution in [0, 0.1) is 11.7 Å². The molecule has 0 spiro atoms. The lowest BCUT2D eigenvalue weighted by atomic mass is 9.98. The second-order valence-electron chi connectivity index (χ2n) is 5.06. The number of aliphatic hydroxyl groups excluding tert-OH is 1. The van der Waals surface area contributed by atoms with Gasteiger partial charge >= 0.3 is 0 Å². The lowest BCUT2D eigenvalue weighted by molar-refractivity contribution is 0.199. The Morgan fingerprint density at radius 2 is 2.00 bits per heavy atom. The van der Waals surface area contributed by atoms with Crippen molar-refractivity contribution in [1.29, 1.82) is 0 Å². The lowest BCUT2D eigenvalue weighted by Gasteiger charge is -2.32. The summed E-state index contributed by atoms with van der Waals surface area (Å²) in [4.78, 5) is 2.10. The van der Waals surface area contributed by atoms with Crippen LogP contribution in [-0.4, -0.2) is 18.2 Å². The maximum atomic E-state index is 13.9. The Morgan fingerprint density at radius 3 is 2.53 bits per heavy atom. The van der Waals surface area contributed by atoms with Gasteiger partial charge in [-0.15, -0.1) is 0 Å². The third kappa shape index (κ3) is 2.78. The molecule has 1 heterocycles. The number of nitrogens with zero attached hydrogens (tertiary/aromatic N) is 1. The largest absolute Gasteiger partial charge is 0.389 e. The van der Waals surface area contributed by atoms with E-state index in [0.29, 0.717) is 11.3 Å². The fourth-order valence-corrected chi connectivity index (χ4v) is 2.29. The minimum absolute atomic E-state index is 0.224. The van der Waals surface area contributed by atoms with Gasteiger partial charge in [0.05, 0.1) is 11.8 Å². The van der Waals surface area contributed by atoms with Crippen LogP contribution in [0.3, 0.4) is 0 Å². The summed E-state index contributed by atoms with van der Waals surface area (Å²) >= 11 is 0. The number of piperidine rings is 1. The molecule has 1 atom stereocenters. The highest BCUT2D eigenvalue weighted by Gasteiger charge is 2.19. The van der Waals surface area contributed by atoms with Crippen molar-refractivity contribution >= 4 is 5.69 Å². The molecule has 0 bridgehead atoms. The van der Waals surface area contributed by atoms with E-state index in [-0.39, 0.29) is 5.82 Å². The van der Waals surface area contributed by atoms with Crippen molar-refractivity contribution in [2.45, 2.75) is 32.8 Å². The minimum atomic E-state index is -0.611. The van der Waals surface area contributed by atoms with Crippen molar-refractivity contribution < 1.29 is 9.50 Å². The van der Waals surface area contributed by atoms with E-state index in [4.69, 9.17) is 0 Å². The first-order valence-electron chi connectivity index (χ1n) is 6.30. The zero-order valence-corrected chi connectivity index (χ0v) is 10.5. The predicted molar refractivity (Wildman–Crippen MR) is 67.6 cm³/mol. The molecule has 1 unspecified atom stereocenters. The van der Waals surface area contributed by atoms with Gasteiger partial charge in [0.15, 0.2) is 0 Å². The van der Waals surface area contributed by atoms with E-state index in [2.05, 4.69) is 11.8 Å². The number of benzene rings is 1. The normalized spacial score (nSPS) is 19.4. The SMILES string of the molecule is CC1CCN(c2ccc(C(C)O)cc2F)CC1. The Morgan fingerprint density at radius 1 is 1.35 bits per heavy atom. The van der Waals surface area contributed by atoms with Crippen LogP contribution in [0.4, 0.5) is 10.1 Å². The number of hydrogen-bond acceptors (Lipinski definition) is 2. The molecule has 1 aromatic carbocycles. The molecule has 2 rings (SSSR count). The summed E-state index contributed by atoms with van der Waals surface area (Å²) in [5.74, 6) is 0.518. The lowest BCUT2D eigenvalue weighted by Crippen LogP contribution is -2.33. The van der Waals surface area contributed by atoms with Gasteiger partial charge in [0.25, 0.3) is 0 Å². The van der Waals surface area contributed by atoms with Crippen LogP contribution >= 0.6 is 0 Å². The molecule has 0 radical (unpaired) electrons. The molecule has 17 heavy (non-hydrogen) atoms. The zero-order chi connectivity index (χ0) is 12.4. The van der Waals surface area contributed by atoms with Crippen LogP contribution in [0.15, 0.2) is 18.2 Å². The molecular weight excluding hydrogens is 217 g/mol. The van der Waals surface area contributed by atoms with E-state index in [1.54, 1.807) is 19.1 Å². The summed E-state index contributed by atoms with van der Waals surface area (Å²) in [5.41, 5.74) is 1.30. The first-order valence-corrected chi connectivity index (χ1v) is 6.30. The van der Waals surface area contributed by atoms with Crippen molar-refractivity contribution in [2.24, 2.45) is 5.92 Å². The topological polar surface area (TPSA) is 23.5 Å². The molecule has 1 aliphatic rings. The Balaban J connectivity index is 2.16.